The van der Waals surface area contributed by atoms with Crippen molar-refractivity contribution in [2.45, 2.75) is 13.3 Å². The molecule has 1 aliphatic rings. The maximum atomic E-state index is 6.00. The highest BCUT2D eigenvalue weighted by Gasteiger charge is 2.11. The highest BCUT2D eigenvalue weighted by atomic mass is 32.2. The predicted octanol–water partition coefficient (Wildman–Crippen LogP) is 1.30. The third-order valence-electron chi connectivity index (χ3n) is 3.13. The molecule has 1 aliphatic heterocycles. The maximum Gasteiger partial charge on any atom is 0.191 e. The summed E-state index contributed by atoms with van der Waals surface area (Å²) in [5, 5.41) is 0. The van der Waals surface area contributed by atoms with Crippen LogP contribution in [0.15, 0.2) is 23.5 Å². The molecule has 5 heteroatoms. The summed E-state index contributed by atoms with van der Waals surface area (Å²) in [6.07, 6.45) is 4.65. The Labute approximate surface area is 113 Å². The van der Waals surface area contributed by atoms with Gasteiger partial charge in [0.25, 0.3) is 0 Å². The lowest BCUT2D eigenvalue weighted by Crippen LogP contribution is -2.42. The van der Waals surface area contributed by atoms with Crippen molar-refractivity contribution in [3.8, 4) is 0 Å². The van der Waals surface area contributed by atoms with E-state index in [1.165, 1.54) is 11.1 Å². The number of thioether (sulfide) groups is 1. The Morgan fingerprint density at radius 3 is 3.00 bits per heavy atom. The molecule has 2 heterocycles. The van der Waals surface area contributed by atoms with E-state index in [4.69, 9.17) is 5.73 Å². The summed E-state index contributed by atoms with van der Waals surface area (Å²) >= 11 is 1.98. The van der Waals surface area contributed by atoms with E-state index >= 15 is 0 Å². The summed E-state index contributed by atoms with van der Waals surface area (Å²) < 4.78 is 0. The minimum Gasteiger partial charge on any atom is -0.370 e. The first-order valence-corrected chi connectivity index (χ1v) is 7.45. The van der Waals surface area contributed by atoms with Crippen LogP contribution in [0.4, 0.5) is 0 Å². The van der Waals surface area contributed by atoms with Gasteiger partial charge in [-0.15, -0.1) is 0 Å². The largest absolute Gasteiger partial charge is 0.370 e. The summed E-state index contributed by atoms with van der Waals surface area (Å²) in [4.78, 5) is 10.7. The molecule has 18 heavy (non-hydrogen) atoms. The molecule has 2 rings (SSSR count). The number of hydrogen-bond acceptors (Lipinski definition) is 3. The van der Waals surface area contributed by atoms with Crippen LogP contribution < -0.4 is 5.73 Å². The standard InChI is InChI=1S/C13H20N4S/c1-11-10-15-4-2-12(11)3-5-16-13(14)17-6-8-18-9-7-17/h2,4,10H,3,5-9H2,1H3,(H2,14,16). The molecule has 0 saturated carbocycles. The third-order valence-corrected chi connectivity index (χ3v) is 4.07. The zero-order valence-corrected chi connectivity index (χ0v) is 11.6. The molecule has 0 aliphatic carbocycles. The molecule has 1 fully saturated rings. The van der Waals surface area contributed by atoms with E-state index in [1.807, 2.05) is 24.2 Å². The topological polar surface area (TPSA) is 54.5 Å². The van der Waals surface area contributed by atoms with Crippen molar-refractivity contribution in [2.24, 2.45) is 10.7 Å². The summed E-state index contributed by atoms with van der Waals surface area (Å²) in [5.41, 5.74) is 8.53. The Bertz CT molecular complexity index is 413. The van der Waals surface area contributed by atoms with Crippen LogP contribution in [-0.2, 0) is 6.42 Å². The lowest BCUT2D eigenvalue weighted by Gasteiger charge is -2.27. The van der Waals surface area contributed by atoms with Crippen molar-refractivity contribution >= 4 is 17.7 Å². The Morgan fingerprint density at radius 2 is 2.28 bits per heavy atom. The number of aryl methyl sites for hydroxylation is 1. The van der Waals surface area contributed by atoms with E-state index in [0.717, 1.165) is 37.6 Å². The van der Waals surface area contributed by atoms with E-state index in [1.54, 1.807) is 0 Å². The van der Waals surface area contributed by atoms with Gasteiger partial charge >= 0.3 is 0 Å². The second-order valence-electron chi connectivity index (χ2n) is 4.39. The maximum absolute atomic E-state index is 6.00. The number of nitrogens with zero attached hydrogens (tertiary/aromatic N) is 3. The van der Waals surface area contributed by atoms with Gasteiger partial charge in [0.05, 0.1) is 0 Å². The van der Waals surface area contributed by atoms with Crippen molar-refractivity contribution in [3.63, 3.8) is 0 Å². The van der Waals surface area contributed by atoms with Crippen molar-refractivity contribution < 1.29 is 0 Å². The SMILES string of the molecule is Cc1cnccc1CCN=C(N)N1CCSCC1. The number of nitrogens with two attached hydrogens (primary N) is 1. The minimum atomic E-state index is 0.696. The first kappa shape index (κ1) is 13.2. The molecule has 2 N–H and O–H groups in total. The van der Waals surface area contributed by atoms with Gasteiger partial charge in [-0.2, -0.15) is 11.8 Å². The van der Waals surface area contributed by atoms with Gasteiger partial charge in [-0.05, 0) is 30.5 Å². The monoisotopic (exact) mass is 264 g/mol. The van der Waals surface area contributed by atoms with Gasteiger partial charge in [0.2, 0.25) is 0 Å². The van der Waals surface area contributed by atoms with Crippen molar-refractivity contribution in [1.29, 1.82) is 0 Å². The Balaban J connectivity index is 1.85. The van der Waals surface area contributed by atoms with Crippen LogP contribution in [0.2, 0.25) is 0 Å². The van der Waals surface area contributed by atoms with Crippen LogP contribution in [0.5, 0.6) is 0 Å². The average Bonchev–Trinajstić information content (AvgIpc) is 2.42. The molecule has 4 nitrogen and oxygen atoms in total. The average molecular weight is 264 g/mol. The zero-order chi connectivity index (χ0) is 12.8. The fraction of sp³-hybridized carbons (Fsp3) is 0.538. The summed E-state index contributed by atoms with van der Waals surface area (Å²) in [7, 11) is 0. The van der Waals surface area contributed by atoms with Crippen molar-refractivity contribution in [3.05, 3.63) is 29.6 Å². The molecule has 1 saturated heterocycles. The molecule has 0 radical (unpaired) electrons. The lowest BCUT2D eigenvalue weighted by molar-refractivity contribution is 0.456. The second-order valence-corrected chi connectivity index (χ2v) is 5.62. The quantitative estimate of drug-likeness (QED) is 0.660. The van der Waals surface area contributed by atoms with Gasteiger partial charge in [-0.1, -0.05) is 0 Å². The van der Waals surface area contributed by atoms with E-state index < -0.39 is 0 Å². The van der Waals surface area contributed by atoms with Gasteiger partial charge in [0.1, 0.15) is 0 Å². The summed E-state index contributed by atoms with van der Waals surface area (Å²) in [6, 6.07) is 2.05. The molecule has 0 spiro atoms. The molecule has 1 aromatic heterocycles. The van der Waals surface area contributed by atoms with E-state index in [9.17, 15) is 0 Å². The molecular formula is C13H20N4S. The number of guanidine groups is 1. The van der Waals surface area contributed by atoms with Gasteiger partial charge in [0.15, 0.2) is 5.96 Å². The number of aliphatic imine (C=N–C) groups is 1. The number of rotatable bonds is 3. The minimum absolute atomic E-state index is 0.696. The highest BCUT2D eigenvalue weighted by Crippen LogP contribution is 2.09. The first-order chi connectivity index (χ1) is 8.77. The first-order valence-electron chi connectivity index (χ1n) is 6.29. The predicted molar refractivity (Wildman–Crippen MR) is 78.1 cm³/mol. The van der Waals surface area contributed by atoms with Crippen LogP contribution in [0.3, 0.4) is 0 Å². The molecule has 0 aromatic carbocycles. The van der Waals surface area contributed by atoms with Crippen LogP contribution >= 0.6 is 11.8 Å². The van der Waals surface area contributed by atoms with Crippen LogP contribution in [0.1, 0.15) is 11.1 Å². The Hall–Kier alpha value is -1.23. The molecule has 0 amide bonds. The molecular weight excluding hydrogens is 244 g/mol. The lowest BCUT2D eigenvalue weighted by atomic mass is 10.1. The smallest absolute Gasteiger partial charge is 0.191 e. The van der Waals surface area contributed by atoms with Gasteiger partial charge in [-0.25, -0.2) is 0 Å². The Morgan fingerprint density at radius 1 is 1.50 bits per heavy atom. The van der Waals surface area contributed by atoms with Crippen LogP contribution in [0, 0.1) is 6.92 Å². The van der Waals surface area contributed by atoms with Crippen molar-refractivity contribution in [1.82, 2.24) is 9.88 Å². The molecule has 98 valence electrons. The van der Waals surface area contributed by atoms with Crippen LogP contribution in [-0.4, -0.2) is 47.0 Å². The van der Waals surface area contributed by atoms with Crippen LogP contribution in [0.25, 0.3) is 0 Å². The number of hydrogen-bond donors (Lipinski definition) is 1. The van der Waals surface area contributed by atoms with Gasteiger partial charge in [0, 0.05) is 43.5 Å². The van der Waals surface area contributed by atoms with Crippen molar-refractivity contribution in [2.75, 3.05) is 31.1 Å². The number of pyridine rings is 1. The fourth-order valence-corrected chi connectivity index (χ4v) is 2.87. The van der Waals surface area contributed by atoms with E-state index in [0.29, 0.717) is 5.96 Å². The fourth-order valence-electron chi connectivity index (χ4n) is 1.97. The molecule has 1 aromatic rings. The second kappa shape index (κ2) is 6.64. The van der Waals surface area contributed by atoms with E-state index in [-0.39, 0.29) is 0 Å². The normalized spacial score (nSPS) is 16.9. The summed E-state index contributed by atoms with van der Waals surface area (Å²) in [6.45, 7) is 4.88. The van der Waals surface area contributed by atoms with Gasteiger partial charge < -0.3 is 10.6 Å². The van der Waals surface area contributed by atoms with E-state index in [2.05, 4.69) is 27.9 Å². The number of aromatic nitrogens is 1. The zero-order valence-electron chi connectivity index (χ0n) is 10.8. The highest BCUT2D eigenvalue weighted by molar-refractivity contribution is 7.99. The molecule has 0 bridgehead atoms. The summed E-state index contributed by atoms with van der Waals surface area (Å²) in [5.74, 6) is 3.00. The molecule has 0 atom stereocenters. The van der Waals surface area contributed by atoms with Gasteiger partial charge in [-0.3, -0.25) is 9.98 Å². The Kier molecular flexibility index (Phi) is 4.87. The molecule has 0 unspecified atom stereocenters. The third kappa shape index (κ3) is 3.63.